The van der Waals surface area contributed by atoms with Gasteiger partial charge in [-0.15, -0.1) is 0 Å². The van der Waals surface area contributed by atoms with Gasteiger partial charge in [0, 0.05) is 25.2 Å². The summed E-state index contributed by atoms with van der Waals surface area (Å²) in [6.45, 7) is 0.670. The number of anilines is 1. The predicted molar refractivity (Wildman–Crippen MR) is 118 cm³/mol. The van der Waals surface area contributed by atoms with Gasteiger partial charge in [0.15, 0.2) is 6.61 Å². The highest BCUT2D eigenvalue weighted by atomic mass is 32.2. The van der Waals surface area contributed by atoms with E-state index in [1.54, 1.807) is 42.5 Å². The van der Waals surface area contributed by atoms with Crippen molar-refractivity contribution in [3.63, 3.8) is 0 Å². The Hall–Kier alpha value is -3.22. The van der Waals surface area contributed by atoms with E-state index in [-0.39, 0.29) is 11.3 Å². The van der Waals surface area contributed by atoms with Gasteiger partial charge in [0.25, 0.3) is 5.91 Å². The summed E-state index contributed by atoms with van der Waals surface area (Å²) >= 11 is 0. The van der Waals surface area contributed by atoms with Crippen molar-refractivity contribution in [1.82, 2.24) is 4.31 Å². The third kappa shape index (κ3) is 6.39. The molecule has 1 heterocycles. The highest BCUT2D eigenvalue weighted by Crippen LogP contribution is 2.21. The Balaban J connectivity index is 1.44. The fourth-order valence-corrected chi connectivity index (χ4v) is 4.93. The van der Waals surface area contributed by atoms with Gasteiger partial charge in [-0.3, -0.25) is 9.59 Å². The minimum Gasteiger partial charge on any atom is -0.456 e. The zero-order valence-electron chi connectivity index (χ0n) is 17.6. The Kier molecular flexibility index (Phi) is 7.98. The maximum absolute atomic E-state index is 12.7. The molecule has 1 aliphatic rings. The van der Waals surface area contributed by atoms with E-state index in [1.807, 2.05) is 6.07 Å². The molecule has 0 spiro atoms. The SMILES string of the molecule is N#Cc1cccc(NC(=O)COC(=O)CCc2ccc(S(=O)(=O)N3CCCCC3)cc2)c1. The molecular weight excluding hydrogens is 430 g/mol. The van der Waals surface area contributed by atoms with Crippen molar-refractivity contribution in [3.8, 4) is 6.07 Å². The Morgan fingerprint density at radius 3 is 2.47 bits per heavy atom. The fourth-order valence-electron chi connectivity index (χ4n) is 3.41. The monoisotopic (exact) mass is 455 g/mol. The van der Waals surface area contributed by atoms with Crippen LogP contribution in [-0.4, -0.2) is 44.3 Å². The van der Waals surface area contributed by atoms with Gasteiger partial charge >= 0.3 is 5.97 Å². The van der Waals surface area contributed by atoms with Crippen LogP contribution in [0.1, 0.15) is 36.8 Å². The van der Waals surface area contributed by atoms with E-state index < -0.39 is 28.5 Å². The standard InChI is InChI=1S/C23H25N3O5S/c24-16-19-5-4-6-20(15-19)25-22(27)17-31-23(28)12-9-18-7-10-21(11-8-18)32(29,30)26-13-2-1-3-14-26/h4-8,10-11,15H,1-3,9,12-14,17H2,(H,25,27). The number of ether oxygens (including phenoxy) is 1. The minimum atomic E-state index is -3.48. The number of nitrogens with zero attached hydrogens (tertiary/aromatic N) is 2. The summed E-state index contributed by atoms with van der Waals surface area (Å²) in [6.07, 6.45) is 3.24. The van der Waals surface area contributed by atoms with Crippen LogP contribution in [0.25, 0.3) is 0 Å². The molecule has 8 nitrogen and oxygen atoms in total. The van der Waals surface area contributed by atoms with Crippen LogP contribution in [0, 0.1) is 11.3 Å². The summed E-state index contributed by atoms with van der Waals surface area (Å²) in [7, 11) is -3.48. The van der Waals surface area contributed by atoms with Gasteiger partial charge in [-0.1, -0.05) is 24.6 Å². The molecule has 9 heteroatoms. The number of sulfonamides is 1. The van der Waals surface area contributed by atoms with Crippen molar-refractivity contribution in [1.29, 1.82) is 5.26 Å². The van der Waals surface area contributed by atoms with E-state index in [4.69, 9.17) is 10.00 Å². The van der Waals surface area contributed by atoms with Crippen LogP contribution in [-0.2, 0) is 30.8 Å². The second kappa shape index (κ2) is 10.9. The summed E-state index contributed by atoms with van der Waals surface area (Å²) < 4.78 is 31.9. The molecule has 1 saturated heterocycles. The largest absolute Gasteiger partial charge is 0.456 e. The number of benzene rings is 2. The van der Waals surface area contributed by atoms with Gasteiger partial charge < -0.3 is 10.1 Å². The number of hydrogen-bond donors (Lipinski definition) is 1. The average molecular weight is 456 g/mol. The number of nitriles is 1. The first-order valence-corrected chi connectivity index (χ1v) is 11.9. The van der Waals surface area contributed by atoms with Gasteiger partial charge in [-0.2, -0.15) is 9.57 Å². The molecule has 0 unspecified atom stereocenters. The highest BCUT2D eigenvalue weighted by molar-refractivity contribution is 7.89. The Morgan fingerprint density at radius 1 is 1.06 bits per heavy atom. The number of carbonyl (C=O) groups is 2. The Morgan fingerprint density at radius 2 is 1.78 bits per heavy atom. The molecule has 1 fully saturated rings. The third-order valence-electron chi connectivity index (χ3n) is 5.13. The first-order valence-electron chi connectivity index (χ1n) is 10.4. The predicted octanol–water partition coefficient (Wildman–Crippen LogP) is 2.85. The zero-order chi connectivity index (χ0) is 23.0. The summed E-state index contributed by atoms with van der Waals surface area (Å²) in [4.78, 5) is 24.1. The Labute approximate surface area is 187 Å². The zero-order valence-corrected chi connectivity index (χ0v) is 18.4. The Bertz CT molecular complexity index is 1100. The number of rotatable bonds is 8. The maximum Gasteiger partial charge on any atom is 0.306 e. The summed E-state index contributed by atoms with van der Waals surface area (Å²) in [5.74, 6) is -1.03. The van der Waals surface area contributed by atoms with Crippen molar-refractivity contribution in [3.05, 3.63) is 59.7 Å². The van der Waals surface area contributed by atoms with E-state index >= 15 is 0 Å². The van der Waals surface area contributed by atoms with Gasteiger partial charge in [0.1, 0.15) is 0 Å². The van der Waals surface area contributed by atoms with E-state index in [1.165, 1.54) is 10.4 Å². The van der Waals surface area contributed by atoms with Crippen molar-refractivity contribution < 1.29 is 22.7 Å². The number of carbonyl (C=O) groups excluding carboxylic acids is 2. The maximum atomic E-state index is 12.7. The first-order chi connectivity index (χ1) is 15.4. The first kappa shape index (κ1) is 23.4. The third-order valence-corrected chi connectivity index (χ3v) is 7.05. The van der Waals surface area contributed by atoms with Crippen LogP contribution in [0.3, 0.4) is 0 Å². The summed E-state index contributed by atoms with van der Waals surface area (Å²) in [5.41, 5.74) is 1.66. The van der Waals surface area contributed by atoms with E-state index in [9.17, 15) is 18.0 Å². The summed E-state index contributed by atoms with van der Waals surface area (Å²) in [5, 5.41) is 11.4. The molecule has 1 N–H and O–H groups in total. The molecule has 0 aliphatic carbocycles. The van der Waals surface area contributed by atoms with E-state index in [2.05, 4.69) is 5.32 Å². The number of esters is 1. The highest BCUT2D eigenvalue weighted by Gasteiger charge is 2.25. The average Bonchev–Trinajstić information content (AvgIpc) is 2.82. The smallest absolute Gasteiger partial charge is 0.306 e. The van der Waals surface area contributed by atoms with Crippen LogP contribution in [0.15, 0.2) is 53.4 Å². The van der Waals surface area contributed by atoms with E-state index in [0.717, 1.165) is 24.8 Å². The lowest BCUT2D eigenvalue weighted by molar-refractivity contribution is -0.147. The molecule has 0 radical (unpaired) electrons. The number of amides is 1. The van der Waals surface area contributed by atoms with Crippen molar-refractivity contribution in [2.75, 3.05) is 25.0 Å². The molecule has 0 atom stereocenters. The van der Waals surface area contributed by atoms with E-state index in [0.29, 0.717) is 30.8 Å². The molecular formula is C23H25N3O5S. The molecule has 0 aromatic heterocycles. The van der Waals surface area contributed by atoms with Crippen LogP contribution in [0.5, 0.6) is 0 Å². The normalized spacial score (nSPS) is 14.3. The molecule has 2 aromatic carbocycles. The van der Waals surface area contributed by atoms with Crippen LogP contribution in [0.4, 0.5) is 5.69 Å². The summed E-state index contributed by atoms with van der Waals surface area (Å²) in [6, 6.07) is 14.9. The molecule has 1 amide bonds. The van der Waals surface area contributed by atoms with Crippen LogP contribution < -0.4 is 5.32 Å². The number of nitrogens with one attached hydrogen (secondary N) is 1. The minimum absolute atomic E-state index is 0.0649. The van der Waals surface area contributed by atoms with Gasteiger partial charge in [-0.05, 0) is 55.2 Å². The quantitative estimate of drug-likeness (QED) is 0.612. The number of hydrogen-bond acceptors (Lipinski definition) is 6. The lowest BCUT2D eigenvalue weighted by Crippen LogP contribution is -2.35. The molecule has 32 heavy (non-hydrogen) atoms. The lowest BCUT2D eigenvalue weighted by Gasteiger charge is -2.25. The van der Waals surface area contributed by atoms with Crippen molar-refractivity contribution in [2.24, 2.45) is 0 Å². The molecule has 1 aliphatic heterocycles. The van der Waals surface area contributed by atoms with Crippen LogP contribution in [0.2, 0.25) is 0 Å². The molecule has 0 bridgehead atoms. The van der Waals surface area contributed by atoms with Crippen LogP contribution >= 0.6 is 0 Å². The van der Waals surface area contributed by atoms with Gasteiger partial charge in [0.05, 0.1) is 16.5 Å². The van der Waals surface area contributed by atoms with Crippen molar-refractivity contribution in [2.45, 2.75) is 37.0 Å². The fraction of sp³-hybridized carbons (Fsp3) is 0.348. The number of aryl methyl sites for hydroxylation is 1. The molecule has 168 valence electrons. The van der Waals surface area contributed by atoms with Gasteiger partial charge in [-0.25, -0.2) is 8.42 Å². The van der Waals surface area contributed by atoms with Gasteiger partial charge in [0.2, 0.25) is 10.0 Å². The lowest BCUT2D eigenvalue weighted by atomic mass is 10.1. The molecule has 2 aromatic rings. The second-order valence-electron chi connectivity index (χ2n) is 7.51. The topological polar surface area (TPSA) is 117 Å². The van der Waals surface area contributed by atoms with Crippen molar-refractivity contribution >= 4 is 27.6 Å². The molecule has 3 rings (SSSR count). The molecule has 0 saturated carbocycles. The number of piperidine rings is 1. The second-order valence-corrected chi connectivity index (χ2v) is 9.45.